The highest BCUT2D eigenvalue weighted by molar-refractivity contribution is 5.84. The Bertz CT molecular complexity index is 1060. The van der Waals surface area contributed by atoms with Crippen molar-refractivity contribution in [3.8, 4) is 11.6 Å². The van der Waals surface area contributed by atoms with Crippen LogP contribution in [0.3, 0.4) is 0 Å². The Labute approximate surface area is 143 Å². The van der Waals surface area contributed by atoms with E-state index in [0.29, 0.717) is 11.4 Å². The van der Waals surface area contributed by atoms with E-state index in [4.69, 9.17) is 0 Å². The zero-order valence-electron chi connectivity index (χ0n) is 13.9. The summed E-state index contributed by atoms with van der Waals surface area (Å²) in [5.74, 6) is -0.450. The number of hydrogen-bond donors (Lipinski definition) is 2. The fraction of sp³-hybridized carbons (Fsp3) is 0.105. The van der Waals surface area contributed by atoms with Gasteiger partial charge >= 0.3 is 5.69 Å². The summed E-state index contributed by atoms with van der Waals surface area (Å²) < 4.78 is 1.03. The summed E-state index contributed by atoms with van der Waals surface area (Å²) in [4.78, 5) is 30.7. The molecule has 1 heterocycles. The SMILES string of the molecule is Cc1cccc(N=Cc2c(O)n(-c3ccccc3)c(=O)[nH]c2=O)c1C. The average molecular weight is 335 g/mol. The number of aromatic nitrogens is 2. The highest BCUT2D eigenvalue weighted by Crippen LogP contribution is 2.22. The van der Waals surface area contributed by atoms with Crippen molar-refractivity contribution in [2.24, 2.45) is 4.99 Å². The third kappa shape index (κ3) is 3.14. The fourth-order valence-corrected chi connectivity index (χ4v) is 2.48. The van der Waals surface area contributed by atoms with E-state index in [0.717, 1.165) is 15.7 Å². The van der Waals surface area contributed by atoms with Crippen LogP contribution in [-0.4, -0.2) is 20.9 Å². The molecule has 0 aliphatic rings. The van der Waals surface area contributed by atoms with Gasteiger partial charge in [0.1, 0.15) is 5.56 Å². The molecule has 0 amide bonds. The molecular formula is C19H17N3O3. The van der Waals surface area contributed by atoms with Gasteiger partial charge in [-0.1, -0.05) is 30.3 Å². The predicted octanol–water partition coefficient (Wildman–Crippen LogP) is 2.60. The number of aliphatic imine (C=N–C) groups is 1. The predicted molar refractivity (Wildman–Crippen MR) is 97.5 cm³/mol. The van der Waals surface area contributed by atoms with Crippen LogP contribution in [0.1, 0.15) is 16.7 Å². The molecule has 0 aliphatic heterocycles. The normalized spacial score (nSPS) is 11.1. The first-order chi connectivity index (χ1) is 12.0. The first kappa shape index (κ1) is 16.4. The van der Waals surface area contributed by atoms with Gasteiger partial charge in [0.2, 0.25) is 5.88 Å². The summed E-state index contributed by atoms with van der Waals surface area (Å²) in [6.45, 7) is 3.89. The minimum atomic E-state index is -0.711. The van der Waals surface area contributed by atoms with Crippen LogP contribution in [-0.2, 0) is 0 Å². The summed E-state index contributed by atoms with van der Waals surface area (Å²) >= 11 is 0. The van der Waals surface area contributed by atoms with Crippen molar-refractivity contribution in [1.82, 2.24) is 9.55 Å². The minimum Gasteiger partial charge on any atom is -0.493 e. The van der Waals surface area contributed by atoms with E-state index in [1.165, 1.54) is 6.21 Å². The van der Waals surface area contributed by atoms with E-state index >= 15 is 0 Å². The van der Waals surface area contributed by atoms with Gasteiger partial charge in [-0.15, -0.1) is 0 Å². The Morgan fingerprint density at radius 1 is 1.04 bits per heavy atom. The van der Waals surface area contributed by atoms with Crippen LogP contribution in [0.15, 0.2) is 63.1 Å². The zero-order valence-corrected chi connectivity index (χ0v) is 13.9. The van der Waals surface area contributed by atoms with Crippen LogP contribution in [0.4, 0.5) is 5.69 Å². The smallest absolute Gasteiger partial charge is 0.335 e. The molecule has 0 unspecified atom stereocenters. The van der Waals surface area contributed by atoms with Crippen molar-refractivity contribution in [3.05, 3.63) is 86.1 Å². The average Bonchev–Trinajstić information content (AvgIpc) is 2.59. The molecule has 2 N–H and O–H groups in total. The molecule has 3 rings (SSSR count). The Morgan fingerprint density at radius 3 is 2.48 bits per heavy atom. The Kier molecular flexibility index (Phi) is 4.35. The maximum absolute atomic E-state index is 12.1. The van der Waals surface area contributed by atoms with Gasteiger partial charge in [0, 0.05) is 6.21 Å². The number of aryl methyl sites for hydroxylation is 1. The summed E-state index contributed by atoms with van der Waals surface area (Å²) in [6, 6.07) is 14.2. The van der Waals surface area contributed by atoms with Crippen molar-refractivity contribution < 1.29 is 5.11 Å². The van der Waals surface area contributed by atoms with Crippen LogP contribution >= 0.6 is 0 Å². The highest BCUT2D eigenvalue weighted by atomic mass is 16.3. The number of nitrogens with one attached hydrogen (secondary N) is 1. The first-order valence-corrected chi connectivity index (χ1v) is 7.73. The zero-order chi connectivity index (χ0) is 18.0. The van der Waals surface area contributed by atoms with E-state index in [1.54, 1.807) is 30.3 Å². The Morgan fingerprint density at radius 2 is 1.76 bits per heavy atom. The van der Waals surface area contributed by atoms with Gasteiger partial charge in [-0.05, 0) is 43.2 Å². The molecule has 0 fully saturated rings. The first-order valence-electron chi connectivity index (χ1n) is 7.73. The number of aromatic hydroxyl groups is 1. The number of para-hydroxylation sites is 1. The third-order valence-corrected chi connectivity index (χ3v) is 4.04. The Hall–Kier alpha value is -3.41. The minimum absolute atomic E-state index is 0.0793. The standard InChI is InChI=1S/C19H17N3O3/c1-12-7-6-10-16(13(12)2)20-11-15-17(23)21-19(25)22(18(15)24)14-8-4-3-5-9-14/h3-11,24H,1-2H3,(H,21,23,25). The van der Waals surface area contributed by atoms with Crippen LogP contribution in [0.5, 0.6) is 5.88 Å². The Balaban J connectivity index is 2.14. The molecule has 0 atom stereocenters. The molecule has 0 bridgehead atoms. The van der Waals surface area contributed by atoms with Crippen molar-refractivity contribution in [2.75, 3.05) is 0 Å². The van der Waals surface area contributed by atoms with Gasteiger partial charge in [0.05, 0.1) is 11.4 Å². The quantitative estimate of drug-likeness (QED) is 0.721. The summed E-state index contributed by atoms with van der Waals surface area (Å²) in [5, 5.41) is 10.5. The highest BCUT2D eigenvalue weighted by Gasteiger charge is 2.14. The van der Waals surface area contributed by atoms with Crippen molar-refractivity contribution in [1.29, 1.82) is 0 Å². The third-order valence-electron chi connectivity index (χ3n) is 4.04. The second kappa shape index (κ2) is 6.60. The van der Waals surface area contributed by atoms with E-state index in [1.807, 2.05) is 32.0 Å². The van der Waals surface area contributed by atoms with Crippen molar-refractivity contribution in [3.63, 3.8) is 0 Å². The summed E-state index contributed by atoms with van der Waals surface area (Å²) in [6.07, 6.45) is 1.27. The molecule has 1 aromatic heterocycles. The molecule has 0 saturated carbocycles. The lowest BCUT2D eigenvalue weighted by atomic mass is 10.1. The molecule has 3 aromatic rings. The topological polar surface area (TPSA) is 87.4 Å². The van der Waals surface area contributed by atoms with Gasteiger partial charge in [-0.2, -0.15) is 0 Å². The number of H-pyrrole nitrogens is 1. The number of benzene rings is 2. The van der Waals surface area contributed by atoms with E-state index in [-0.39, 0.29) is 5.56 Å². The second-order valence-electron chi connectivity index (χ2n) is 5.64. The molecule has 6 heteroatoms. The van der Waals surface area contributed by atoms with Gasteiger partial charge in [-0.25, -0.2) is 9.36 Å². The number of nitrogens with zero attached hydrogens (tertiary/aromatic N) is 2. The van der Waals surface area contributed by atoms with E-state index in [2.05, 4.69) is 9.98 Å². The molecule has 6 nitrogen and oxygen atoms in total. The second-order valence-corrected chi connectivity index (χ2v) is 5.64. The fourth-order valence-electron chi connectivity index (χ4n) is 2.48. The summed E-state index contributed by atoms with van der Waals surface area (Å²) in [7, 11) is 0. The molecule has 126 valence electrons. The van der Waals surface area contributed by atoms with Crippen LogP contribution in [0.2, 0.25) is 0 Å². The van der Waals surface area contributed by atoms with Gasteiger partial charge in [0.15, 0.2) is 0 Å². The number of hydrogen-bond acceptors (Lipinski definition) is 4. The van der Waals surface area contributed by atoms with Gasteiger partial charge in [-0.3, -0.25) is 14.8 Å². The van der Waals surface area contributed by atoms with Crippen LogP contribution < -0.4 is 11.2 Å². The van der Waals surface area contributed by atoms with Crippen LogP contribution in [0.25, 0.3) is 5.69 Å². The van der Waals surface area contributed by atoms with Gasteiger partial charge in [0.25, 0.3) is 5.56 Å². The maximum atomic E-state index is 12.1. The van der Waals surface area contributed by atoms with Gasteiger partial charge < -0.3 is 5.11 Å². The molecule has 2 aromatic carbocycles. The van der Waals surface area contributed by atoms with Crippen LogP contribution in [0, 0.1) is 13.8 Å². The maximum Gasteiger partial charge on any atom is 0.335 e. The lowest BCUT2D eigenvalue weighted by Crippen LogP contribution is -2.31. The van der Waals surface area contributed by atoms with E-state index in [9.17, 15) is 14.7 Å². The molecule has 0 spiro atoms. The molecule has 0 saturated heterocycles. The molecule has 25 heavy (non-hydrogen) atoms. The summed E-state index contributed by atoms with van der Waals surface area (Å²) in [5.41, 5.74) is 1.71. The van der Waals surface area contributed by atoms with Crippen molar-refractivity contribution in [2.45, 2.75) is 13.8 Å². The molecule has 0 radical (unpaired) electrons. The molecular weight excluding hydrogens is 318 g/mol. The lowest BCUT2D eigenvalue weighted by molar-refractivity contribution is 0.430. The molecule has 0 aliphatic carbocycles. The number of aromatic amines is 1. The van der Waals surface area contributed by atoms with E-state index < -0.39 is 17.1 Å². The van der Waals surface area contributed by atoms with Crippen molar-refractivity contribution >= 4 is 11.9 Å². The lowest BCUT2D eigenvalue weighted by Gasteiger charge is -2.09. The number of rotatable bonds is 3. The largest absolute Gasteiger partial charge is 0.493 e. The monoisotopic (exact) mass is 335 g/mol.